The van der Waals surface area contributed by atoms with E-state index in [0.29, 0.717) is 11.4 Å². The zero-order chi connectivity index (χ0) is 19.6. The smallest absolute Gasteiger partial charge is 0.265 e. The van der Waals surface area contributed by atoms with Crippen molar-refractivity contribution in [2.75, 3.05) is 10.6 Å². The van der Waals surface area contributed by atoms with Gasteiger partial charge in [0.2, 0.25) is 5.91 Å². The third-order valence-corrected chi connectivity index (χ3v) is 4.73. The van der Waals surface area contributed by atoms with Crippen LogP contribution in [0, 0.1) is 26.7 Å². The van der Waals surface area contributed by atoms with Crippen molar-refractivity contribution in [3.05, 3.63) is 53.1 Å². The fourth-order valence-corrected chi connectivity index (χ4v) is 2.74. The predicted octanol–water partition coefficient (Wildman–Crippen LogP) is 4.37. The number of nitrogens with one attached hydrogen (secondary N) is 2. The first-order chi connectivity index (χ1) is 12.8. The largest absolute Gasteiger partial charge is 0.481 e. The molecule has 142 valence electrons. The van der Waals surface area contributed by atoms with Gasteiger partial charge in [0.15, 0.2) is 6.10 Å². The maximum atomic E-state index is 12.5. The molecule has 27 heavy (non-hydrogen) atoms. The Morgan fingerprint density at radius 2 is 1.70 bits per heavy atom. The van der Waals surface area contributed by atoms with Crippen LogP contribution in [0.15, 0.2) is 36.4 Å². The van der Waals surface area contributed by atoms with Gasteiger partial charge in [-0.05, 0) is 75.4 Å². The van der Waals surface area contributed by atoms with Crippen LogP contribution in [0.4, 0.5) is 11.4 Å². The molecule has 0 saturated heterocycles. The van der Waals surface area contributed by atoms with Crippen molar-refractivity contribution in [3.8, 4) is 5.75 Å². The Balaban J connectivity index is 1.65. The average molecular weight is 366 g/mol. The molecule has 0 bridgehead atoms. The molecule has 2 aromatic rings. The second-order valence-electron chi connectivity index (χ2n) is 7.31. The van der Waals surface area contributed by atoms with Crippen LogP contribution in [0.2, 0.25) is 0 Å². The zero-order valence-electron chi connectivity index (χ0n) is 16.3. The van der Waals surface area contributed by atoms with Crippen molar-refractivity contribution in [2.24, 2.45) is 5.92 Å². The van der Waals surface area contributed by atoms with E-state index in [-0.39, 0.29) is 17.7 Å². The van der Waals surface area contributed by atoms with Crippen LogP contribution in [0.3, 0.4) is 0 Å². The standard InChI is InChI=1S/C22H26N2O3/c1-13-5-6-15(3)20(11-13)27-16(4)21(25)23-18-10-7-14(2)19(12-18)24-22(26)17-8-9-17/h5-7,10-12,16-17H,8-9H2,1-4H3,(H,23,25)(H,24,26). The number of benzene rings is 2. The summed E-state index contributed by atoms with van der Waals surface area (Å²) in [4.78, 5) is 24.5. The van der Waals surface area contributed by atoms with Gasteiger partial charge in [0, 0.05) is 17.3 Å². The summed E-state index contributed by atoms with van der Waals surface area (Å²) in [6, 6.07) is 11.4. The van der Waals surface area contributed by atoms with Crippen LogP contribution in [0.25, 0.3) is 0 Å². The molecule has 5 nitrogen and oxygen atoms in total. The van der Waals surface area contributed by atoms with Gasteiger partial charge in [-0.2, -0.15) is 0 Å². The number of ether oxygens (including phenoxy) is 1. The molecule has 0 aliphatic heterocycles. The first-order valence-corrected chi connectivity index (χ1v) is 9.30. The molecule has 0 spiro atoms. The van der Waals surface area contributed by atoms with Crippen LogP contribution >= 0.6 is 0 Å². The number of anilines is 2. The van der Waals surface area contributed by atoms with Crippen molar-refractivity contribution in [2.45, 2.75) is 46.6 Å². The molecule has 0 radical (unpaired) electrons. The SMILES string of the molecule is Cc1ccc(C)c(OC(C)C(=O)Nc2ccc(C)c(NC(=O)C3CC3)c2)c1. The molecule has 3 rings (SSSR count). The van der Waals surface area contributed by atoms with Crippen molar-refractivity contribution < 1.29 is 14.3 Å². The van der Waals surface area contributed by atoms with Gasteiger partial charge in [-0.1, -0.05) is 18.2 Å². The highest BCUT2D eigenvalue weighted by Crippen LogP contribution is 2.31. The number of carbonyl (C=O) groups is 2. The fraction of sp³-hybridized carbons (Fsp3) is 0.364. The first kappa shape index (κ1) is 19.0. The fourth-order valence-electron chi connectivity index (χ4n) is 2.74. The van der Waals surface area contributed by atoms with E-state index >= 15 is 0 Å². The van der Waals surface area contributed by atoms with Crippen LogP contribution in [-0.4, -0.2) is 17.9 Å². The minimum Gasteiger partial charge on any atom is -0.481 e. The van der Waals surface area contributed by atoms with Crippen LogP contribution < -0.4 is 15.4 Å². The highest BCUT2D eigenvalue weighted by molar-refractivity contribution is 5.97. The second kappa shape index (κ2) is 7.82. The highest BCUT2D eigenvalue weighted by Gasteiger charge is 2.29. The van der Waals surface area contributed by atoms with E-state index in [0.717, 1.165) is 35.2 Å². The number of carbonyl (C=O) groups excluding carboxylic acids is 2. The Hall–Kier alpha value is -2.82. The van der Waals surface area contributed by atoms with Gasteiger partial charge in [-0.25, -0.2) is 0 Å². The summed E-state index contributed by atoms with van der Waals surface area (Å²) in [7, 11) is 0. The van der Waals surface area contributed by atoms with E-state index in [9.17, 15) is 9.59 Å². The summed E-state index contributed by atoms with van der Waals surface area (Å²) in [5.74, 6) is 0.653. The van der Waals surface area contributed by atoms with Gasteiger partial charge in [-0.15, -0.1) is 0 Å². The molecule has 1 aliphatic rings. The Morgan fingerprint density at radius 3 is 2.41 bits per heavy atom. The third kappa shape index (κ3) is 4.88. The van der Waals surface area contributed by atoms with Gasteiger partial charge in [0.05, 0.1) is 0 Å². The number of hydrogen-bond acceptors (Lipinski definition) is 3. The molecule has 1 fully saturated rings. The molecule has 2 N–H and O–H groups in total. The van der Waals surface area contributed by atoms with Gasteiger partial charge in [0.25, 0.3) is 5.91 Å². The Morgan fingerprint density at radius 1 is 1.00 bits per heavy atom. The summed E-state index contributed by atoms with van der Waals surface area (Å²) >= 11 is 0. The average Bonchev–Trinajstić information content (AvgIpc) is 3.46. The molecule has 1 unspecified atom stereocenters. The minimum atomic E-state index is -0.642. The summed E-state index contributed by atoms with van der Waals surface area (Å²) in [5, 5.41) is 5.81. The number of aryl methyl sites for hydroxylation is 3. The molecular formula is C22H26N2O3. The van der Waals surface area contributed by atoms with Gasteiger partial charge in [0.1, 0.15) is 5.75 Å². The lowest BCUT2D eigenvalue weighted by Gasteiger charge is -2.17. The molecule has 2 aromatic carbocycles. The van der Waals surface area contributed by atoms with Crippen molar-refractivity contribution >= 4 is 23.2 Å². The minimum absolute atomic E-state index is 0.0493. The molecule has 1 aliphatic carbocycles. The van der Waals surface area contributed by atoms with Crippen LogP contribution in [0.1, 0.15) is 36.5 Å². The number of hydrogen-bond donors (Lipinski definition) is 2. The highest BCUT2D eigenvalue weighted by atomic mass is 16.5. The molecule has 5 heteroatoms. The summed E-state index contributed by atoms with van der Waals surface area (Å²) in [6.45, 7) is 7.59. The van der Waals surface area contributed by atoms with Crippen LogP contribution in [0.5, 0.6) is 5.75 Å². The van der Waals surface area contributed by atoms with Crippen LogP contribution in [-0.2, 0) is 9.59 Å². The van der Waals surface area contributed by atoms with Crippen molar-refractivity contribution in [1.29, 1.82) is 0 Å². The topological polar surface area (TPSA) is 67.4 Å². The van der Waals surface area contributed by atoms with Gasteiger partial charge >= 0.3 is 0 Å². The van der Waals surface area contributed by atoms with Crippen molar-refractivity contribution in [1.82, 2.24) is 0 Å². The normalized spacial score (nSPS) is 14.4. The van der Waals surface area contributed by atoms with E-state index in [4.69, 9.17) is 4.74 Å². The van der Waals surface area contributed by atoms with E-state index in [1.165, 1.54) is 0 Å². The van der Waals surface area contributed by atoms with E-state index in [2.05, 4.69) is 10.6 Å². The second-order valence-corrected chi connectivity index (χ2v) is 7.31. The zero-order valence-corrected chi connectivity index (χ0v) is 16.3. The predicted molar refractivity (Wildman–Crippen MR) is 107 cm³/mol. The number of rotatable bonds is 6. The molecule has 1 atom stereocenters. The summed E-state index contributed by atoms with van der Waals surface area (Å²) in [5.41, 5.74) is 4.39. The van der Waals surface area contributed by atoms with Gasteiger partial charge < -0.3 is 15.4 Å². The van der Waals surface area contributed by atoms with Crippen molar-refractivity contribution in [3.63, 3.8) is 0 Å². The van der Waals surface area contributed by atoms with E-state index < -0.39 is 6.10 Å². The quantitative estimate of drug-likeness (QED) is 0.798. The molecule has 0 heterocycles. The van der Waals surface area contributed by atoms with E-state index in [1.807, 2.05) is 51.1 Å². The lowest BCUT2D eigenvalue weighted by Crippen LogP contribution is -2.30. The molecule has 0 aromatic heterocycles. The maximum Gasteiger partial charge on any atom is 0.265 e. The van der Waals surface area contributed by atoms with E-state index in [1.54, 1.807) is 13.0 Å². The lowest BCUT2D eigenvalue weighted by molar-refractivity contribution is -0.122. The Bertz CT molecular complexity index is 872. The summed E-state index contributed by atoms with van der Waals surface area (Å²) < 4.78 is 5.84. The van der Waals surface area contributed by atoms with Gasteiger partial charge in [-0.3, -0.25) is 9.59 Å². The molecular weight excluding hydrogens is 340 g/mol. The Labute approximate surface area is 160 Å². The monoisotopic (exact) mass is 366 g/mol. The molecule has 1 saturated carbocycles. The lowest BCUT2D eigenvalue weighted by atomic mass is 10.1. The maximum absolute atomic E-state index is 12.5. The third-order valence-electron chi connectivity index (χ3n) is 4.73. The summed E-state index contributed by atoms with van der Waals surface area (Å²) in [6.07, 6.45) is 1.26. The number of amides is 2. The molecule has 2 amide bonds. The first-order valence-electron chi connectivity index (χ1n) is 9.30. The Kier molecular flexibility index (Phi) is 5.49.